The number of ether oxygens (including phenoxy) is 2. The van der Waals surface area contributed by atoms with Crippen LogP contribution in [0.1, 0.15) is 0 Å². The smallest absolute Gasteiger partial charge is 0.211 e. The molecule has 1 aliphatic carbocycles. The van der Waals surface area contributed by atoms with Crippen molar-refractivity contribution in [1.82, 2.24) is 0 Å². The van der Waals surface area contributed by atoms with E-state index in [1.807, 2.05) is 0 Å². The molecule has 64 valence electrons. The molecule has 1 fully saturated rings. The van der Waals surface area contributed by atoms with Crippen LogP contribution in [0, 0.1) is 0 Å². The van der Waals surface area contributed by atoms with Gasteiger partial charge in [-0.2, -0.15) is 0 Å². The lowest BCUT2D eigenvalue weighted by Crippen LogP contribution is -2.25. The summed E-state index contributed by atoms with van der Waals surface area (Å²) in [7, 11) is 1.53. The largest absolute Gasteiger partial charge is 0.495 e. The number of halogens is 1. The van der Waals surface area contributed by atoms with Crippen LogP contribution in [0.25, 0.3) is 0 Å². The Balaban J connectivity index is 2.37. The molecular weight excluding hydrogens is 224 g/mol. The van der Waals surface area contributed by atoms with Crippen LogP contribution in [0.5, 0.6) is 0 Å². The van der Waals surface area contributed by atoms with E-state index in [9.17, 15) is 4.79 Å². The summed E-state index contributed by atoms with van der Waals surface area (Å²) in [5.74, 6) is 0.503. The molecule has 0 saturated carbocycles. The van der Waals surface area contributed by atoms with Crippen LogP contribution in [0.2, 0.25) is 0 Å². The van der Waals surface area contributed by atoms with E-state index in [1.165, 1.54) is 7.11 Å². The average molecular weight is 231 g/mol. The van der Waals surface area contributed by atoms with Gasteiger partial charge in [0.2, 0.25) is 5.78 Å². The Bertz CT molecular complexity index is 299. The van der Waals surface area contributed by atoms with Crippen LogP contribution < -0.4 is 0 Å². The first-order chi connectivity index (χ1) is 5.69. The maximum atomic E-state index is 11.5. The highest BCUT2D eigenvalue weighted by molar-refractivity contribution is 9.12. The second-order valence-corrected chi connectivity index (χ2v) is 3.52. The maximum Gasteiger partial charge on any atom is 0.211 e. The topological polar surface area (TPSA) is 38.8 Å². The van der Waals surface area contributed by atoms with E-state index >= 15 is 0 Å². The number of epoxide rings is 1. The molecule has 3 nitrogen and oxygen atoms in total. The molecule has 4 heteroatoms. The van der Waals surface area contributed by atoms with Gasteiger partial charge in [-0.25, -0.2) is 0 Å². The van der Waals surface area contributed by atoms with Crippen LogP contribution in [-0.2, 0) is 14.3 Å². The monoisotopic (exact) mass is 230 g/mol. The number of Topliss-reactive ketones (excluding diaryl/α,β-unsaturated/α-hetero) is 1. The SMILES string of the molecule is COC1=C(Br)C(=O)[C@]2(C=C1)CO2. The highest BCUT2D eigenvalue weighted by Gasteiger charge is 2.52. The molecule has 0 unspecified atom stereocenters. The number of rotatable bonds is 1. The van der Waals surface area contributed by atoms with Crippen molar-refractivity contribution in [3.63, 3.8) is 0 Å². The fraction of sp³-hybridized carbons (Fsp3) is 0.375. The second kappa shape index (κ2) is 2.44. The predicted molar refractivity (Wildman–Crippen MR) is 45.8 cm³/mol. The third kappa shape index (κ3) is 0.949. The van der Waals surface area contributed by atoms with Gasteiger partial charge in [0.25, 0.3) is 0 Å². The van der Waals surface area contributed by atoms with Gasteiger partial charge in [-0.3, -0.25) is 4.79 Å². The van der Waals surface area contributed by atoms with Gasteiger partial charge in [-0.15, -0.1) is 0 Å². The normalized spacial score (nSPS) is 33.0. The van der Waals surface area contributed by atoms with Crippen molar-refractivity contribution < 1.29 is 14.3 Å². The lowest BCUT2D eigenvalue weighted by molar-refractivity contribution is -0.118. The lowest BCUT2D eigenvalue weighted by Gasteiger charge is -2.13. The minimum Gasteiger partial charge on any atom is -0.495 e. The highest BCUT2D eigenvalue weighted by atomic mass is 79.9. The summed E-state index contributed by atoms with van der Waals surface area (Å²) < 4.78 is 10.5. The van der Waals surface area contributed by atoms with Crippen molar-refractivity contribution in [3.05, 3.63) is 22.4 Å². The minimum atomic E-state index is -0.666. The minimum absolute atomic E-state index is 0.0538. The van der Waals surface area contributed by atoms with Crippen molar-refractivity contribution in [2.75, 3.05) is 13.7 Å². The Morgan fingerprint density at radius 2 is 2.42 bits per heavy atom. The quantitative estimate of drug-likeness (QED) is 0.635. The molecule has 0 N–H and O–H groups in total. The molecule has 0 bridgehead atoms. The van der Waals surface area contributed by atoms with Gasteiger partial charge in [0, 0.05) is 0 Å². The van der Waals surface area contributed by atoms with E-state index in [0.29, 0.717) is 16.8 Å². The molecule has 2 rings (SSSR count). The average Bonchev–Trinajstić information content (AvgIpc) is 2.83. The summed E-state index contributed by atoms with van der Waals surface area (Å²) in [5.41, 5.74) is -0.666. The Morgan fingerprint density at radius 1 is 1.75 bits per heavy atom. The summed E-state index contributed by atoms with van der Waals surface area (Å²) in [6.07, 6.45) is 3.48. The van der Waals surface area contributed by atoms with Crippen molar-refractivity contribution >= 4 is 21.7 Å². The number of methoxy groups -OCH3 is 1. The van der Waals surface area contributed by atoms with Gasteiger partial charge >= 0.3 is 0 Å². The zero-order valence-electron chi connectivity index (χ0n) is 6.46. The maximum absolute atomic E-state index is 11.5. The number of hydrogen-bond donors (Lipinski definition) is 0. The van der Waals surface area contributed by atoms with E-state index in [1.54, 1.807) is 12.2 Å². The molecule has 12 heavy (non-hydrogen) atoms. The van der Waals surface area contributed by atoms with Gasteiger partial charge in [0.15, 0.2) is 5.60 Å². The summed E-state index contributed by atoms with van der Waals surface area (Å²) in [6, 6.07) is 0. The molecule has 1 spiro atoms. The van der Waals surface area contributed by atoms with E-state index in [4.69, 9.17) is 9.47 Å². The highest BCUT2D eigenvalue weighted by Crippen LogP contribution is 2.38. The summed E-state index contributed by atoms with van der Waals surface area (Å²) in [4.78, 5) is 11.5. The third-order valence-corrected chi connectivity index (χ3v) is 2.73. The summed E-state index contributed by atoms with van der Waals surface area (Å²) in [5, 5.41) is 0. The number of ketones is 1. The first-order valence-electron chi connectivity index (χ1n) is 3.51. The fourth-order valence-electron chi connectivity index (χ4n) is 1.12. The fourth-order valence-corrected chi connectivity index (χ4v) is 1.75. The molecule has 0 aromatic rings. The van der Waals surface area contributed by atoms with Crippen molar-refractivity contribution in [2.24, 2.45) is 0 Å². The van der Waals surface area contributed by atoms with Crippen LogP contribution in [0.3, 0.4) is 0 Å². The van der Waals surface area contributed by atoms with E-state index in [-0.39, 0.29) is 5.78 Å². The first kappa shape index (κ1) is 8.01. The van der Waals surface area contributed by atoms with Crippen molar-refractivity contribution in [3.8, 4) is 0 Å². The second-order valence-electron chi connectivity index (χ2n) is 2.72. The molecule has 0 aromatic carbocycles. The lowest BCUT2D eigenvalue weighted by atomic mass is 10.00. The van der Waals surface area contributed by atoms with Gasteiger partial charge in [-0.05, 0) is 28.1 Å². The molecule has 1 heterocycles. The Kier molecular flexibility index (Phi) is 1.63. The van der Waals surface area contributed by atoms with Crippen LogP contribution in [0.15, 0.2) is 22.4 Å². The Morgan fingerprint density at radius 3 is 2.92 bits per heavy atom. The summed E-state index contributed by atoms with van der Waals surface area (Å²) in [6.45, 7) is 0.481. The van der Waals surface area contributed by atoms with E-state index in [2.05, 4.69) is 15.9 Å². The van der Waals surface area contributed by atoms with Gasteiger partial charge in [0.05, 0.1) is 13.7 Å². The van der Waals surface area contributed by atoms with Crippen LogP contribution in [-0.4, -0.2) is 25.1 Å². The Hall–Kier alpha value is -0.610. The first-order valence-corrected chi connectivity index (χ1v) is 4.31. The predicted octanol–water partition coefficient (Wildman–Crippen LogP) is 1.15. The van der Waals surface area contributed by atoms with Crippen molar-refractivity contribution in [2.45, 2.75) is 5.60 Å². The van der Waals surface area contributed by atoms with E-state index in [0.717, 1.165) is 0 Å². The number of carbonyl (C=O) groups excluding carboxylic acids is 1. The zero-order valence-corrected chi connectivity index (χ0v) is 8.05. The molecule has 1 aliphatic heterocycles. The number of allylic oxidation sites excluding steroid dienone is 1. The van der Waals surface area contributed by atoms with Crippen molar-refractivity contribution in [1.29, 1.82) is 0 Å². The standard InChI is InChI=1S/C8H7BrO3/c1-11-5-2-3-8(4-12-8)7(10)6(5)9/h2-3H,4H2,1H3/t8-/m0/s1. The third-order valence-electron chi connectivity index (χ3n) is 1.98. The van der Waals surface area contributed by atoms with Gasteiger partial charge in [0.1, 0.15) is 10.2 Å². The van der Waals surface area contributed by atoms with Crippen LogP contribution in [0.4, 0.5) is 0 Å². The molecular formula is C8H7BrO3. The molecule has 2 aliphatic rings. The van der Waals surface area contributed by atoms with Gasteiger partial charge < -0.3 is 9.47 Å². The summed E-state index contributed by atoms with van der Waals surface area (Å²) >= 11 is 3.17. The Labute approximate surface area is 78.2 Å². The molecule has 0 amide bonds. The number of carbonyl (C=O) groups is 1. The van der Waals surface area contributed by atoms with Gasteiger partial charge in [-0.1, -0.05) is 0 Å². The number of hydrogen-bond acceptors (Lipinski definition) is 3. The molecule has 1 saturated heterocycles. The molecule has 0 radical (unpaired) electrons. The van der Waals surface area contributed by atoms with E-state index < -0.39 is 5.60 Å². The molecule has 0 aromatic heterocycles. The van der Waals surface area contributed by atoms with Crippen LogP contribution >= 0.6 is 15.9 Å². The molecule has 1 atom stereocenters. The zero-order chi connectivity index (χ0) is 8.77.